The van der Waals surface area contributed by atoms with Crippen LogP contribution in [0.25, 0.3) is 22.4 Å². The van der Waals surface area contributed by atoms with E-state index in [4.69, 9.17) is 0 Å². The lowest BCUT2D eigenvalue weighted by Gasteiger charge is -2.22. The van der Waals surface area contributed by atoms with Gasteiger partial charge in [0.25, 0.3) is 11.5 Å². The number of aromatic amines is 2. The van der Waals surface area contributed by atoms with Crippen LogP contribution in [-0.4, -0.2) is 25.8 Å². The minimum Gasteiger partial charge on any atom is -0.358 e. The van der Waals surface area contributed by atoms with Crippen LogP contribution in [-0.2, 0) is 0 Å². The van der Waals surface area contributed by atoms with Crippen molar-refractivity contribution < 1.29 is 4.79 Å². The Morgan fingerprint density at radius 2 is 1.87 bits per heavy atom. The van der Waals surface area contributed by atoms with Crippen molar-refractivity contribution in [3.8, 4) is 11.5 Å². The van der Waals surface area contributed by atoms with Crippen molar-refractivity contribution in [2.45, 2.75) is 33.7 Å². The molecule has 3 N–H and O–H groups in total. The van der Waals surface area contributed by atoms with Crippen LogP contribution in [0.3, 0.4) is 0 Å². The first kappa shape index (κ1) is 20.5. The average Bonchev–Trinajstić information content (AvgIpc) is 3.04. The second kappa shape index (κ2) is 8.18. The molecule has 7 nitrogen and oxygen atoms in total. The average molecular weight is 415 g/mol. The lowest BCUT2D eigenvalue weighted by atomic mass is 9.99. The predicted molar refractivity (Wildman–Crippen MR) is 121 cm³/mol. The van der Waals surface area contributed by atoms with E-state index in [1.54, 1.807) is 18.3 Å². The summed E-state index contributed by atoms with van der Waals surface area (Å²) in [6.07, 6.45) is 1.64. The third kappa shape index (κ3) is 4.12. The van der Waals surface area contributed by atoms with Gasteiger partial charge < -0.3 is 15.3 Å². The van der Waals surface area contributed by atoms with Gasteiger partial charge in [0.2, 0.25) is 0 Å². The number of pyridine rings is 1. The fourth-order valence-corrected chi connectivity index (χ4v) is 3.68. The molecule has 0 saturated carbocycles. The molecule has 0 aliphatic carbocycles. The van der Waals surface area contributed by atoms with Crippen LogP contribution in [0.4, 0.5) is 0 Å². The van der Waals surface area contributed by atoms with Crippen molar-refractivity contribution in [3.05, 3.63) is 81.5 Å². The minimum atomic E-state index is -0.430. The molecule has 0 spiro atoms. The third-order valence-electron chi connectivity index (χ3n) is 5.51. The Morgan fingerprint density at radius 3 is 2.58 bits per heavy atom. The summed E-state index contributed by atoms with van der Waals surface area (Å²) in [6.45, 7) is 8.03. The molecule has 1 aromatic carbocycles. The summed E-state index contributed by atoms with van der Waals surface area (Å²) in [5.41, 5.74) is 4.52. The number of benzene rings is 1. The number of aromatic nitrogens is 4. The van der Waals surface area contributed by atoms with Crippen LogP contribution in [0.5, 0.6) is 0 Å². The van der Waals surface area contributed by atoms with Crippen molar-refractivity contribution in [2.24, 2.45) is 5.92 Å². The monoisotopic (exact) mass is 415 g/mol. The van der Waals surface area contributed by atoms with E-state index in [9.17, 15) is 9.59 Å². The molecule has 158 valence electrons. The van der Waals surface area contributed by atoms with Crippen molar-refractivity contribution in [2.75, 3.05) is 0 Å². The summed E-state index contributed by atoms with van der Waals surface area (Å²) in [4.78, 5) is 40.3. The van der Waals surface area contributed by atoms with Crippen molar-refractivity contribution in [1.82, 2.24) is 25.3 Å². The Hall–Kier alpha value is -3.74. The number of hydrogen-bond acceptors (Lipinski definition) is 4. The van der Waals surface area contributed by atoms with E-state index in [1.165, 1.54) is 11.6 Å². The maximum absolute atomic E-state index is 13.1. The van der Waals surface area contributed by atoms with Gasteiger partial charge in [-0.3, -0.25) is 14.6 Å². The molecule has 0 unspecified atom stereocenters. The predicted octanol–water partition coefficient (Wildman–Crippen LogP) is 4.06. The Balaban J connectivity index is 1.66. The number of hydrogen-bond donors (Lipinski definition) is 3. The van der Waals surface area contributed by atoms with Gasteiger partial charge in [0.15, 0.2) is 5.82 Å². The highest BCUT2D eigenvalue weighted by molar-refractivity contribution is 5.98. The van der Waals surface area contributed by atoms with Crippen LogP contribution in [0, 0.1) is 19.8 Å². The van der Waals surface area contributed by atoms with E-state index in [0.29, 0.717) is 22.8 Å². The fraction of sp³-hybridized carbons (Fsp3) is 0.250. The lowest BCUT2D eigenvalue weighted by molar-refractivity contribution is 0.0924. The Morgan fingerprint density at radius 1 is 1.06 bits per heavy atom. The van der Waals surface area contributed by atoms with E-state index in [1.807, 2.05) is 45.0 Å². The van der Waals surface area contributed by atoms with E-state index in [-0.39, 0.29) is 17.4 Å². The standard InChI is InChI=1S/C24H25N5O2/c1-13(2)22(20-12-21(30)28-23(27-20)18-7-5-6-10-25-18)29-24(31)16-8-9-17-14(3)15(4)26-19(17)11-16/h5-13,22,26H,1-4H3,(H,29,31)(H,27,28,30)/t22-/m0/s1. The molecule has 0 saturated heterocycles. The molecule has 1 amide bonds. The number of amides is 1. The maximum atomic E-state index is 13.1. The highest BCUT2D eigenvalue weighted by Crippen LogP contribution is 2.24. The van der Waals surface area contributed by atoms with Gasteiger partial charge in [-0.2, -0.15) is 0 Å². The largest absolute Gasteiger partial charge is 0.358 e. The Kier molecular flexibility index (Phi) is 5.42. The molecule has 0 radical (unpaired) electrons. The smallest absolute Gasteiger partial charge is 0.251 e. The molecule has 0 bridgehead atoms. The number of rotatable bonds is 5. The van der Waals surface area contributed by atoms with Crippen LogP contribution in [0.1, 0.15) is 47.2 Å². The van der Waals surface area contributed by atoms with Gasteiger partial charge in [-0.25, -0.2) is 4.98 Å². The highest BCUT2D eigenvalue weighted by Gasteiger charge is 2.22. The van der Waals surface area contributed by atoms with Gasteiger partial charge in [0.1, 0.15) is 5.69 Å². The molecule has 3 heterocycles. The SMILES string of the molecule is Cc1[nH]c2cc(C(=O)N[C@H](c3cc(=O)[nH]c(-c4ccccn4)n3)C(C)C)ccc2c1C. The molecule has 4 aromatic rings. The van der Waals surface area contributed by atoms with Crippen molar-refractivity contribution >= 4 is 16.8 Å². The molecule has 3 aromatic heterocycles. The van der Waals surface area contributed by atoms with Crippen molar-refractivity contribution in [3.63, 3.8) is 0 Å². The van der Waals surface area contributed by atoms with E-state index in [2.05, 4.69) is 32.2 Å². The summed E-state index contributed by atoms with van der Waals surface area (Å²) in [5, 5.41) is 4.16. The maximum Gasteiger partial charge on any atom is 0.251 e. The number of carbonyl (C=O) groups is 1. The van der Waals surface area contributed by atoms with Crippen LogP contribution < -0.4 is 10.9 Å². The summed E-state index contributed by atoms with van der Waals surface area (Å²) < 4.78 is 0. The number of fused-ring (bicyclic) bond motifs is 1. The third-order valence-corrected chi connectivity index (χ3v) is 5.51. The van der Waals surface area contributed by atoms with E-state index >= 15 is 0 Å². The molecule has 1 atom stereocenters. The van der Waals surface area contributed by atoms with Gasteiger partial charge in [-0.05, 0) is 49.6 Å². The first-order chi connectivity index (χ1) is 14.8. The second-order valence-corrected chi connectivity index (χ2v) is 8.06. The number of nitrogens with one attached hydrogen (secondary N) is 3. The molecular formula is C24H25N5O2. The van der Waals surface area contributed by atoms with Crippen LogP contribution >= 0.6 is 0 Å². The Labute approximate surface area is 180 Å². The summed E-state index contributed by atoms with van der Waals surface area (Å²) >= 11 is 0. The second-order valence-electron chi connectivity index (χ2n) is 8.06. The zero-order valence-corrected chi connectivity index (χ0v) is 18.0. The molecule has 4 rings (SSSR count). The van der Waals surface area contributed by atoms with Gasteiger partial charge in [-0.1, -0.05) is 26.0 Å². The molecule has 0 aliphatic rings. The van der Waals surface area contributed by atoms with Gasteiger partial charge in [0.05, 0.1) is 11.7 Å². The van der Waals surface area contributed by atoms with Crippen molar-refractivity contribution in [1.29, 1.82) is 0 Å². The molecule has 0 aliphatic heterocycles. The molecular weight excluding hydrogens is 390 g/mol. The van der Waals surface area contributed by atoms with E-state index < -0.39 is 6.04 Å². The lowest BCUT2D eigenvalue weighted by Crippen LogP contribution is -2.33. The van der Waals surface area contributed by atoms with Crippen LogP contribution in [0.2, 0.25) is 0 Å². The number of nitrogens with zero attached hydrogens (tertiary/aromatic N) is 2. The molecule has 31 heavy (non-hydrogen) atoms. The summed E-state index contributed by atoms with van der Waals surface area (Å²) in [6, 6.07) is 12.0. The molecule has 0 fully saturated rings. The van der Waals surface area contributed by atoms with Crippen LogP contribution in [0.15, 0.2) is 53.5 Å². The first-order valence-electron chi connectivity index (χ1n) is 10.3. The number of aryl methyl sites for hydroxylation is 2. The Bertz CT molecular complexity index is 1300. The first-order valence-corrected chi connectivity index (χ1v) is 10.3. The molecule has 7 heteroatoms. The normalized spacial score (nSPS) is 12.3. The number of H-pyrrole nitrogens is 2. The summed E-state index contributed by atoms with van der Waals surface area (Å²) in [7, 11) is 0. The topological polar surface area (TPSA) is 104 Å². The number of carbonyl (C=O) groups excluding carboxylic acids is 1. The quantitative estimate of drug-likeness (QED) is 0.457. The van der Waals surface area contributed by atoms with Gasteiger partial charge in [-0.15, -0.1) is 0 Å². The van der Waals surface area contributed by atoms with E-state index in [0.717, 1.165) is 16.6 Å². The highest BCUT2D eigenvalue weighted by atomic mass is 16.1. The minimum absolute atomic E-state index is 0.0218. The zero-order valence-electron chi connectivity index (χ0n) is 18.0. The summed E-state index contributed by atoms with van der Waals surface area (Å²) in [5.74, 6) is 0.183. The zero-order chi connectivity index (χ0) is 22.1. The fourth-order valence-electron chi connectivity index (χ4n) is 3.68. The van der Waals surface area contributed by atoms with Gasteiger partial charge in [0, 0.05) is 34.4 Å². The van der Waals surface area contributed by atoms with Gasteiger partial charge >= 0.3 is 0 Å².